The Hall–Kier alpha value is -6.20. The van der Waals surface area contributed by atoms with E-state index in [-0.39, 0.29) is 45.7 Å². The minimum Gasteiger partial charge on any atom is -0.475 e. The van der Waals surface area contributed by atoms with Crippen LogP contribution in [0.4, 0.5) is 33.6 Å². The molecule has 1 saturated heterocycles. The first kappa shape index (κ1) is 51.2. The molecule has 0 spiro atoms. The third-order valence-electron chi connectivity index (χ3n) is 13.4. The van der Waals surface area contributed by atoms with Crippen LogP contribution in [-0.2, 0) is 26.9 Å². The van der Waals surface area contributed by atoms with Crippen molar-refractivity contribution < 1.29 is 50.8 Å². The van der Waals surface area contributed by atoms with Crippen molar-refractivity contribution in [1.29, 1.82) is 0 Å². The predicted molar refractivity (Wildman–Crippen MR) is 261 cm³/mol. The number of aromatic amines is 2. The van der Waals surface area contributed by atoms with Crippen molar-refractivity contribution in [3.8, 4) is 11.3 Å². The molecule has 2 saturated carbocycles. The summed E-state index contributed by atoms with van der Waals surface area (Å²) in [5.41, 5.74) is 8.25. The third-order valence-corrected chi connectivity index (χ3v) is 14.1. The average molecular weight is 1050 g/mol. The molecule has 0 bridgehead atoms. The maximum atomic E-state index is 14.8. The normalized spacial score (nSPS) is 18.5. The molecule has 5 aliphatic rings. The minimum atomic E-state index is -5.08. The van der Waals surface area contributed by atoms with E-state index in [0.717, 1.165) is 66.3 Å². The number of carboxylic acid groups (broad SMARTS) is 1. The van der Waals surface area contributed by atoms with Crippen LogP contribution in [0.5, 0.6) is 0 Å². The molecule has 23 heteroatoms. The number of carbonyl (C=O) groups excluding carboxylic acids is 2. The molecule has 0 unspecified atom stereocenters. The number of alkyl halides is 3. The lowest BCUT2D eigenvalue weighted by Crippen LogP contribution is -2.41. The molecule has 71 heavy (non-hydrogen) atoms. The van der Waals surface area contributed by atoms with Crippen LogP contribution in [0.3, 0.4) is 0 Å². The summed E-state index contributed by atoms with van der Waals surface area (Å²) in [5, 5.41) is 19.6. The number of rotatable bonds is 6. The average Bonchev–Trinajstić information content (AvgIpc) is 4.02. The van der Waals surface area contributed by atoms with Crippen LogP contribution in [0.25, 0.3) is 33.3 Å². The van der Waals surface area contributed by atoms with E-state index in [1.165, 1.54) is 12.1 Å². The van der Waals surface area contributed by atoms with Crippen molar-refractivity contribution in [1.82, 2.24) is 40.5 Å². The molecule has 0 radical (unpaired) electrons. The monoisotopic (exact) mass is 1050 g/mol. The molecule has 6 aromatic rings. The summed E-state index contributed by atoms with van der Waals surface area (Å²) in [6.07, 6.45) is 0.873. The largest absolute Gasteiger partial charge is 0.512 e. The Morgan fingerprint density at radius 3 is 1.63 bits per heavy atom. The second-order valence-corrected chi connectivity index (χ2v) is 20.6. The summed E-state index contributed by atoms with van der Waals surface area (Å²) >= 11 is 3.23. The number of H-pyrrole nitrogens is 2. The zero-order valence-corrected chi connectivity index (χ0v) is 41.8. The number of hydrogen-bond donors (Lipinski definition) is 7. The smallest absolute Gasteiger partial charge is 0.475 e. The van der Waals surface area contributed by atoms with Crippen LogP contribution in [-0.4, -0.2) is 101 Å². The summed E-state index contributed by atoms with van der Waals surface area (Å²) in [6.45, 7) is 17.4. The standard InChI is InChI=1S/C20H20FN5O.C13H19BN2O3.C13H13BrFN3.C2HF3O2/c1-10-18(26-20(2)6-7-20)25-17-14(23-10)4-3-12(21)16(17)15-9-11-13(24-15)5-8-22-19(11)27;1-12(2)13(3,4)19-14(18-12)10-7-8-9(16-10)5-6-15-11(8)17;1-7-12(18-13(2)5-6-13)17-11-9(16-7)4-3-8(15)10(11)14;3-2(4,5)1(6)7/h3-4,9,24H,5-8H2,1-2H3,(H,22,27)(H,25,26);7,16H,5-6H2,1-4H3,(H,15,17);3-4H,5-6H2,1-2H3,(H,17,18);(H,6,7). The molecular formula is C48H53BBrF5N10O6. The Morgan fingerprint density at radius 2 is 1.17 bits per heavy atom. The van der Waals surface area contributed by atoms with E-state index < -0.39 is 19.3 Å². The number of fused-ring (bicyclic) bond motifs is 4. The van der Waals surface area contributed by atoms with E-state index in [9.17, 15) is 31.5 Å². The van der Waals surface area contributed by atoms with Gasteiger partial charge in [0, 0.05) is 54.0 Å². The third kappa shape index (κ3) is 11.0. The SMILES string of the molecule is CC1(C)OB(c2cc3c([nH]2)CCNC3=O)OC1(C)C.Cc1nc2ccc(F)c(-c3cc4c([nH]3)CCNC4=O)c2nc1NC1(C)CC1.Cc1nc2ccc(F)c(Br)c2nc1NC1(C)CC1.O=C(O)C(F)(F)F. The van der Waals surface area contributed by atoms with Gasteiger partial charge in [0.1, 0.15) is 34.3 Å². The predicted octanol–water partition coefficient (Wildman–Crippen LogP) is 8.36. The number of aromatic nitrogens is 6. The zero-order chi connectivity index (χ0) is 51.6. The molecule has 2 aromatic carbocycles. The van der Waals surface area contributed by atoms with Gasteiger partial charge in [-0.05, 0) is 133 Å². The number of nitrogens with one attached hydrogen (secondary N) is 6. The summed E-state index contributed by atoms with van der Waals surface area (Å²) < 4.78 is 72.4. The molecule has 11 rings (SSSR count). The Kier molecular flexibility index (Phi) is 13.5. The van der Waals surface area contributed by atoms with Crippen LogP contribution in [0.15, 0.2) is 40.9 Å². The zero-order valence-electron chi connectivity index (χ0n) is 40.2. The fraction of sp³-hybridized carbons (Fsp3) is 0.438. The van der Waals surface area contributed by atoms with Gasteiger partial charge in [0.2, 0.25) is 0 Å². The van der Waals surface area contributed by atoms with Crippen LogP contribution in [0, 0.1) is 25.5 Å². The number of aryl methyl sites for hydroxylation is 2. The molecule has 7 heterocycles. The number of halogens is 6. The van der Waals surface area contributed by atoms with Gasteiger partial charge in [0.15, 0.2) is 0 Å². The Labute approximate surface area is 413 Å². The Balaban J connectivity index is 0.000000137. The maximum Gasteiger partial charge on any atom is 0.512 e. The lowest BCUT2D eigenvalue weighted by Gasteiger charge is -2.32. The highest BCUT2D eigenvalue weighted by Gasteiger charge is 2.52. The summed E-state index contributed by atoms with van der Waals surface area (Å²) in [7, 11) is -0.441. The molecule has 3 aliphatic heterocycles. The molecule has 2 amide bonds. The molecule has 0 atom stereocenters. The number of benzene rings is 2. The summed E-state index contributed by atoms with van der Waals surface area (Å²) in [5.74, 6) is -2.19. The van der Waals surface area contributed by atoms with Crippen LogP contribution >= 0.6 is 15.9 Å². The van der Waals surface area contributed by atoms with Crippen molar-refractivity contribution in [3.05, 3.63) is 86.4 Å². The van der Waals surface area contributed by atoms with E-state index in [2.05, 4.69) is 76.0 Å². The highest BCUT2D eigenvalue weighted by molar-refractivity contribution is 9.10. The van der Waals surface area contributed by atoms with Gasteiger partial charge in [0.05, 0.1) is 60.5 Å². The van der Waals surface area contributed by atoms with Gasteiger partial charge in [-0.3, -0.25) is 9.59 Å². The number of amides is 2. The van der Waals surface area contributed by atoms with E-state index >= 15 is 0 Å². The number of nitrogens with zero attached hydrogens (tertiary/aromatic N) is 4. The fourth-order valence-corrected chi connectivity index (χ4v) is 8.29. The van der Waals surface area contributed by atoms with Gasteiger partial charge >= 0.3 is 19.3 Å². The van der Waals surface area contributed by atoms with Crippen molar-refractivity contribution in [2.24, 2.45) is 0 Å². The van der Waals surface area contributed by atoms with Crippen molar-refractivity contribution >= 4 is 80.1 Å². The van der Waals surface area contributed by atoms with E-state index in [1.807, 2.05) is 47.6 Å². The number of carbonyl (C=O) groups is 3. The molecule has 16 nitrogen and oxygen atoms in total. The number of aliphatic carboxylic acids is 1. The lowest BCUT2D eigenvalue weighted by molar-refractivity contribution is -0.192. The first-order valence-electron chi connectivity index (χ1n) is 23.0. The van der Waals surface area contributed by atoms with Crippen molar-refractivity contribution in [2.75, 3.05) is 23.7 Å². The van der Waals surface area contributed by atoms with E-state index in [4.69, 9.17) is 24.2 Å². The highest BCUT2D eigenvalue weighted by atomic mass is 79.9. The lowest BCUT2D eigenvalue weighted by atomic mass is 9.85. The van der Waals surface area contributed by atoms with E-state index in [0.29, 0.717) is 74.3 Å². The van der Waals surface area contributed by atoms with Gasteiger partial charge in [-0.25, -0.2) is 33.5 Å². The second-order valence-electron chi connectivity index (χ2n) is 19.8. The van der Waals surface area contributed by atoms with Crippen LogP contribution in [0.2, 0.25) is 0 Å². The quantitative estimate of drug-likeness (QED) is 0.0618. The Bertz CT molecular complexity index is 3080. The molecule has 3 fully saturated rings. The number of hydrogen-bond acceptors (Lipinski definition) is 11. The molecule has 4 aromatic heterocycles. The molecular weight excluding hydrogens is 998 g/mol. The van der Waals surface area contributed by atoms with Gasteiger partial charge in [-0.15, -0.1) is 0 Å². The van der Waals surface area contributed by atoms with Crippen LogP contribution < -0.4 is 26.9 Å². The van der Waals surface area contributed by atoms with Crippen LogP contribution in [0.1, 0.15) is 111 Å². The summed E-state index contributed by atoms with van der Waals surface area (Å²) in [4.78, 5) is 57.5. The fourth-order valence-electron chi connectivity index (χ4n) is 7.87. The van der Waals surface area contributed by atoms with E-state index in [1.54, 1.807) is 18.2 Å². The first-order chi connectivity index (χ1) is 33.2. The molecule has 2 aliphatic carbocycles. The van der Waals surface area contributed by atoms with Gasteiger partial charge < -0.3 is 45.7 Å². The second kappa shape index (κ2) is 18.8. The molecule has 376 valence electrons. The number of anilines is 2. The topological polar surface area (TPSA) is 221 Å². The molecule has 7 N–H and O–H groups in total. The Morgan fingerprint density at radius 1 is 0.718 bits per heavy atom. The van der Waals surface area contributed by atoms with Crippen molar-refractivity contribution in [3.63, 3.8) is 0 Å². The maximum absolute atomic E-state index is 14.8. The van der Waals surface area contributed by atoms with Gasteiger partial charge in [-0.1, -0.05) is 0 Å². The van der Waals surface area contributed by atoms with Gasteiger partial charge in [-0.2, -0.15) is 13.2 Å². The van der Waals surface area contributed by atoms with Gasteiger partial charge in [0.25, 0.3) is 11.8 Å². The first-order valence-corrected chi connectivity index (χ1v) is 23.8. The number of carboxylic acids is 1. The van der Waals surface area contributed by atoms with Crippen molar-refractivity contribution in [2.45, 2.75) is 122 Å². The summed E-state index contributed by atoms with van der Waals surface area (Å²) in [6, 6.07) is 9.64. The highest BCUT2D eigenvalue weighted by Crippen LogP contribution is 2.41. The minimum absolute atomic E-state index is 0.0275.